The van der Waals surface area contributed by atoms with E-state index in [4.69, 9.17) is 9.47 Å². The molecular weight excluding hydrogens is 294 g/mol. The summed E-state index contributed by atoms with van der Waals surface area (Å²) in [5.74, 6) is 0. The predicted molar refractivity (Wildman–Crippen MR) is 88.1 cm³/mol. The van der Waals surface area contributed by atoms with Gasteiger partial charge in [0.25, 0.3) is 0 Å². The highest BCUT2D eigenvalue weighted by atomic mass is 16.6. The highest BCUT2D eigenvalue weighted by molar-refractivity contribution is 5.68. The van der Waals surface area contributed by atoms with Crippen LogP contribution in [-0.2, 0) is 22.6 Å². The average Bonchev–Trinajstić information content (AvgIpc) is 3.11. The van der Waals surface area contributed by atoms with Gasteiger partial charge in [0, 0.05) is 24.8 Å². The van der Waals surface area contributed by atoms with E-state index >= 15 is 0 Å². The molecule has 1 aromatic rings. The fraction of sp³-hybridized carbons (Fsp3) is 0.765. The van der Waals surface area contributed by atoms with Crippen LogP contribution in [0.4, 0.5) is 4.79 Å². The number of hydrogen-bond acceptors (Lipinski definition) is 4. The minimum absolute atomic E-state index is 0.254. The van der Waals surface area contributed by atoms with Crippen LogP contribution in [-0.4, -0.2) is 45.1 Å². The Morgan fingerprint density at radius 3 is 2.70 bits per heavy atom. The Bertz CT molecular complexity index is 535. The number of nitrogens with zero attached hydrogens (tertiary/aromatic N) is 3. The second-order valence-corrected chi connectivity index (χ2v) is 7.18. The summed E-state index contributed by atoms with van der Waals surface area (Å²) in [6.45, 7) is 12.5. The molecule has 0 radical (unpaired) electrons. The lowest BCUT2D eigenvalue weighted by atomic mass is 10.00. The lowest BCUT2D eigenvalue weighted by molar-refractivity contribution is -0.0528. The Morgan fingerprint density at radius 2 is 2.13 bits per heavy atom. The third-order valence-electron chi connectivity index (χ3n) is 4.17. The fourth-order valence-corrected chi connectivity index (χ4v) is 2.73. The molecule has 1 aliphatic heterocycles. The first-order valence-electron chi connectivity index (χ1n) is 8.40. The van der Waals surface area contributed by atoms with Gasteiger partial charge in [-0.1, -0.05) is 6.92 Å². The van der Waals surface area contributed by atoms with Crippen LogP contribution in [0, 0.1) is 0 Å². The van der Waals surface area contributed by atoms with Crippen molar-refractivity contribution in [1.82, 2.24) is 14.7 Å². The molecule has 0 spiro atoms. The molecule has 130 valence electrons. The molecule has 1 unspecified atom stereocenters. The van der Waals surface area contributed by atoms with E-state index in [1.165, 1.54) is 0 Å². The lowest BCUT2D eigenvalue weighted by Crippen LogP contribution is -2.40. The summed E-state index contributed by atoms with van der Waals surface area (Å²) in [5, 5.41) is 4.26. The summed E-state index contributed by atoms with van der Waals surface area (Å²) in [4.78, 5) is 14.0. The van der Waals surface area contributed by atoms with Crippen LogP contribution in [0.15, 0.2) is 12.4 Å². The maximum Gasteiger partial charge on any atom is 0.410 e. The molecule has 2 heterocycles. The minimum atomic E-state index is -0.468. The first kappa shape index (κ1) is 17.8. The number of hydrogen-bond donors (Lipinski definition) is 0. The van der Waals surface area contributed by atoms with E-state index in [-0.39, 0.29) is 11.7 Å². The highest BCUT2D eigenvalue weighted by Crippen LogP contribution is 2.30. The zero-order valence-corrected chi connectivity index (χ0v) is 15.0. The fourth-order valence-electron chi connectivity index (χ4n) is 2.73. The van der Waals surface area contributed by atoms with Crippen molar-refractivity contribution in [1.29, 1.82) is 0 Å². The molecule has 0 N–H and O–H groups in total. The number of likely N-dealkylation sites (tertiary alicyclic amines) is 1. The van der Waals surface area contributed by atoms with Crippen molar-refractivity contribution in [2.75, 3.05) is 13.1 Å². The topological polar surface area (TPSA) is 56.6 Å². The quantitative estimate of drug-likeness (QED) is 0.835. The van der Waals surface area contributed by atoms with Crippen molar-refractivity contribution in [3.05, 3.63) is 18.0 Å². The maximum atomic E-state index is 12.2. The monoisotopic (exact) mass is 323 g/mol. The standard InChI is InChI=1S/C17H29N3O3/c1-6-17(22-12-14-10-18-20(7-2)11-14)8-9-19(13-17)15(21)23-16(3,4)5/h10-11H,6-9,12-13H2,1-5H3. The number of carbonyl (C=O) groups is 1. The van der Waals surface area contributed by atoms with Crippen molar-refractivity contribution in [3.63, 3.8) is 0 Å². The molecule has 0 aliphatic carbocycles. The molecule has 1 aliphatic rings. The van der Waals surface area contributed by atoms with Crippen LogP contribution in [0.3, 0.4) is 0 Å². The van der Waals surface area contributed by atoms with Gasteiger partial charge in [-0.2, -0.15) is 5.10 Å². The normalized spacial score (nSPS) is 21.7. The summed E-state index contributed by atoms with van der Waals surface area (Å²) in [6, 6.07) is 0. The van der Waals surface area contributed by atoms with Gasteiger partial charge in [-0.25, -0.2) is 4.79 Å². The third kappa shape index (κ3) is 4.70. The SMILES string of the molecule is CCn1cc(COC2(CC)CCN(C(=O)OC(C)(C)C)C2)cn1. The Labute approximate surface area is 138 Å². The van der Waals surface area contributed by atoms with Crippen molar-refractivity contribution >= 4 is 6.09 Å². The second kappa shape index (κ2) is 6.91. The number of aromatic nitrogens is 2. The minimum Gasteiger partial charge on any atom is -0.444 e. The van der Waals surface area contributed by atoms with Gasteiger partial charge in [0.2, 0.25) is 0 Å². The summed E-state index contributed by atoms with van der Waals surface area (Å²) < 4.78 is 13.5. The van der Waals surface area contributed by atoms with Crippen molar-refractivity contribution in [2.24, 2.45) is 0 Å². The Hall–Kier alpha value is -1.56. The van der Waals surface area contributed by atoms with E-state index in [0.29, 0.717) is 19.7 Å². The molecule has 6 heteroatoms. The molecule has 0 aromatic carbocycles. The molecule has 1 amide bonds. The summed E-state index contributed by atoms with van der Waals surface area (Å²) in [5.41, 5.74) is 0.311. The summed E-state index contributed by atoms with van der Waals surface area (Å²) in [7, 11) is 0. The maximum absolute atomic E-state index is 12.2. The largest absolute Gasteiger partial charge is 0.444 e. The predicted octanol–water partition coefficient (Wildman–Crippen LogP) is 3.21. The highest BCUT2D eigenvalue weighted by Gasteiger charge is 2.41. The van der Waals surface area contributed by atoms with Crippen LogP contribution in [0.1, 0.15) is 53.0 Å². The molecule has 1 aromatic heterocycles. The molecule has 1 saturated heterocycles. The van der Waals surface area contributed by atoms with Gasteiger partial charge in [0.15, 0.2) is 0 Å². The van der Waals surface area contributed by atoms with Crippen molar-refractivity contribution in [2.45, 2.75) is 71.8 Å². The average molecular weight is 323 g/mol. The van der Waals surface area contributed by atoms with Gasteiger partial charge in [-0.15, -0.1) is 0 Å². The molecular formula is C17H29N3O3. The van der Waals surface area contributed by atoms with Gasteiger partial charge in [-0.05, 0) is 40.5 Å². The van der Waals surface area contributed by atoms with E-state index in [1.807, 2.05) is 37.8 Å². The summed E-state index contributed by atoms with van der Waals surface area (Å²) >= 11 is 0. The Morgan fingerprint density at radius 1 is 1.39 bits per heavy atom. The van der Waals surface area contributed by atoms with Gasteiger partial charge in [-0.3, -0.25) is 4.68 Å². The number of aryl methyl sites for hydroxylation is 1. The second-order valence-electron chi connectivity index (χ2n) is 7.18. The first-order chi connectivity index (χ1) is 10.8. The molecule has 1 fully saturated rings. The van der Waals surface area contributed by atoms with E-state index in [1.54, 1.807) is 4.90 Å². The molecule has 1 atom stereocenters. The zero-order chi connectivity index (χ0) is 17.1. The van der Waals surface area contributed by atoms with Crippen molar-refractivity contribution < 1.29 is 14.3 Å². The summed E-state index contributed by atoms with van der Waals surface area (Å²) in [6.07, 6.45) is 5.30. The van der Waals surface area contributed by atoms with Gasteiger partial charge < -0.3 is 14.4 Å². The zero-order valence-electron chi connectivity index (χ0n) is 15.0. The van der Waals surface area contributed by atoms with Crippen LogP contribution in [0.2, 0.25) is 0 Å². The number of amides is 1. The molecule has 6 nitrogen and oxygen atoms in total. The van der Waals surface area contributed by atoms with E-state index < -0.39 is 5.60 Å². The van der Waals surface area contributed by atoms with E-state index in [0.717, 1.165) is 24.9 Å². The van der Waals surface area contributed by atoms with Gasteiger partial charge in [0.05, 0.1) is 24.9 Å². The third-order valence-corrected chi connectivity index (χ3v) is 4.17. The van der Waals surface area contributed by atoms with Crippen LogP contribution in [0.5, 0.6) is 0 Å². The Balaban J connectivity index is 1.93. The smallest absolute Gasteiger partial charge is 0.410 e. The molecule has 23 heavy (non-hydrogen) atoms. The van der Waals surface area contributed by atoms with Crippen molar-refractivity contribution in [3.8, 4) is 0 Å². The number of carbonyl (C=O) groups excluding carboxylic acids is 1. The molecule has 0 saturated carbocycles. The molecule has 0 bridgehead atoms. The van der Waals surface area contributed by atoms with E-state index in [9.17, 15) is 4.79 Å². The molecule has 2 rings (SSSR count). The van der Waals surface area contributed by atoms with Gasteiger partial charge >= 0.3 is 6.09 Å². The van der Waals surface area contributed by atoms with Gasteiger partial charge in [0.1, 0.15) is 5.60 Å². The first-order valence-corrected chi connectivity index (χ1v) is 8.40. The Kier molecular flexibility index (Phi) is 5.34. The van der Waals surface area contributed by atoms with E-state index in [2.05, 4.69) is 18.9 Å². The number of rotatable bonds is 5. The lowest BCUT2D eigenvalue weighted by Gasteiger charge is -2.29. The van der Waals surface area contributed by atoms with Crippen LogP contribution < -0.4 is 0 Å². The number of ether oxygens (including phenoxy) is 2. The van der Waals surface area contributed by atoms with Crippen LogP contribution >= 0.6 is 0 Å². The van der Waals surface area contributed by atoms with Crippen LogP contribution in [0.25, 0.3) is 0 Å².